The molecule has 0 aliphatic rings. The van der Waals surface area contributed by atoms with E-state index in [1.165, 1.54) is 17.4 Å². The number of azide groups is 1. The molecule has 0 saturated heterocycles. The molecular weight excluding hydrogens is 214 g/mol. The van der Waals surface area contributed by atoms with Crippen LogP contribution in [0, 0.1) is 11.8 Å². The lowest BCUT2D eigenvalue weighted by molar-refractivity contribution is 0.0697. The largest absolute Gasteiger partial charge is 0.478 e. The number of nitrogens with zero attached hydrogens (tertiary/aromatic N) is 3. The van der Waals surface area contributed by atoms with Crippen LogP contribution < -0.4 is 0 Å². The van der Waals surface area contributed by atoms with Crippen molar-refractivity contribution in [1.82, 2.24) is 0 Å². The molecule has 1 aromatic heterocycles. The zero-order valence-electron chi connectivity index (χ0n) is 7.67. The third-order valence-electron chi connectivity index (χ3n) is 1.46. The van der Waals surface area contributed by atoms with Crippen LogP contribution in [0.15, 0.2) is 16.6 Å². The molecule has 15 heavy (non-hydrogen) atoms. The van der Waals surface area contributed by atoms with Gasteiger partial charge in [0.15, 0.2) is 0 Å². The van der Waals surface area contributed by atoms with Gasteiger partial charge in [-0.1, -0.05) is 17.0 Å². The van der Waals surface area contributed by atoms with Crippen molar-refractivity contribution in [3.63, 3.8) is 0 Å². The maximum absolute atomic E-state index is 10.5. The Labute approximate surface area is 90.0 Å². The van der Waals surface area contributed by atoms with Crippen molar-refractivity contribution in [1.29, 1.82) is 0 Å². The Hall–Kier alpha value is -1.96. The molecule has 1 rings (SSSR count). The summed E-state index contributed by atoms with van der Waals surface area (Å²) < 4.78 is 0. The van der Waals surface area contributed by atoms with Gasteiger partial charge in [0, 0.05) is 23.3 Å². The maximum atomic E-state index is 10.5. The fraction of sp³-hybridized carbons (Fsp3) is 0.222. The Morgan fingerprint density at radius 3 is 3.13 bits per heavy atom. The minimum absolute atomic E-state index is 0.249. The predicted octanol–water partition coefficient (Wildman–Crippen LogP) is 2.50. The van der Waals surface area contributed by atoms with E-state index in [1.807, 2.05) is 0 Å². The molecular formula is C9H7N3O2S. The minimum Gasteiger partial charge on any atom is -0.478 e. The summed E-state index contributed by atoms with van der Waals surface area (Å²) in [7, 11) is 0. The minimum atomic E-state index is -0.951. The van der Waals surface area contributed by atoms with Crippen molar-refractivity contribution in [2.45, 2.75) is 6.42 Å². The van der Waals surface area contributed by atoms with Gasteiger partial charge in [0.25, 0.3) is 0 Å². The Morgan fingerprint density at radius 2 is 2.53 bits per heavy atom. The van der Waals surface area contributed by atoms with Gasteiger partial charge in [-0.3, -0.25) is 0 Å². The van der Waals surface area contributed by atoms with Crippen molar-refractivity contribution in [3.05, 3.63) is 32.3 Å². The number of aromatic carboxylic acids is 1. The summed E-state index contributed by atoms with van der Waals surface area (Å²) in [5, 5.41) is 13.5. The van der Waals surface area contributed by atoms with E-state index >= 15 is 0 Å². The summed E-state index contributed by atoms with van der Waals surface area (Å²) in [6.07, 6.45) is 0.477. The van der Waals surface area contributed by atoms with Gasteiger partial charge in [0.2, 0.25) is 0 Å². The van der Waals surface area contributed by atoms with Gasteiger partial charge in [-0.15, -0.1) is 11.3 Å². The number of rotatable bonds is 3. The van der Waals surface area contributed by atoms with E-state index in [0.29, 0.717) is 17.8 Å². The first-order chi connectivity index (χ1) is 7.24. The van der Waals surface area contributed by atoms with Crippen LogP contribution in [-0.4, -0.2) is 17.6 Å². The first kappa shape index (κ1) is 11.1. The second kappa shape index (κ2) is 5.70. The molecule has 1 heterocycles. The van der Waals surface area contributed by atoms with Gasteiger partial charge in [-0.2, -0.15) is 0 Å². The van der Waals surface area contributed by atoms with Crippen molar-refractivity contribution in [3.8, 4) is 11.8 Å². The van der Waals surface area contributed by atoms with Crippen LogP contribution in [0.1, 0.15) is 21.7 Å². The molecule has 0 aliphatic carbocycles. The van der Waals surface area contributed by atoms with E-state index in [-0.39, 0.29) is 5.56 Å². The molecule has 0 unspecified atom stereocenters. The monoisotopic (exact) mass is 221 g/mol. The van der Waals surface area contributed by atoms with E-state index in [4.69, 9.17) is 10.6 Å². The van der Waals surface area contributed by atoms with E-state index in [0.717, 1.165) is 0 Å². The highest BCUT2D eigenvalue weighted by Crippen LogP contribution is 2.13. The third kappa shape index (κ3) is 3.73. The van der Waals surface area contributed by atoms with Gasteiger partial charge < -0.3 is 5.11 Å². The van der Waals surface area contributed by atoms with Crippen molar-refractivity contribution in [2.24, 2.45) is 5.11 Å². The zero-order valence-corrected chi connectivity index (χ0v) is 8.49. The van der Waals surface area contributed by atoms with Crippen LogP contribution in [0.2, 0.25) is 0 Å². The van der Waals surface area contributed by atoms with Crippen LogP contribution in [0.5, 0.6) is 0 Å². The molecule has 0 spiro atoms. The summed E-state index contributed by atoms with van der Waals surface area (Å²) in [5.41, 5.74) is 8.24. The lowest BCUT2D eigenvalue weighted by Gasteiger charge is -1.81. The molecule has 0 saturated carbocycles. The Kier molecular flexibility index (Phi) is 4.23. The molecule has 0 aliphatic heterocycles. The van der Waals surface area contributed by atoms with Gasteiger partial charge in [-0.25, -0.2) is 4.79 Å². The quantitative estimate of drug-likeness (QED) is 0.279. The van der Waals surface area contributed by atoms with Gasteiger partial charge in [0.05, 0.1) is 10.4 Å². The third-order valence-corrected chi connectivity index (χ3v) is 2.30. The summed E-state index contributed by atoms with van der Waals surface area (Å²) in [6, 6.07) is 1.52. The number of hydrogen-bond acceptors (Lipinski definition) is 3. The molecule has 0 bridgehead atoms. The van der Waals surface area contributed by atoms with Crippen LogP contribution >= 0.6 is 11.3 Å². The molecule has 76 valence electrons. The predicted molar refractivity (Wildman–Crippen MR) is 56.8 cm³/mol. The fourth-order valence-corrected chi connectivity index (χ4v) is 1.56. The molecule has 6 heteroatoms. The van der Waals surface area contributed by atoms with E-state index in [2.05, 4.69) is 21.9 Å². The molecule has 0 atom stereocenters. The average molecular weight is 221 g/mol. The van der Waals surface area contributed by atoms with Crippen molar-refractivity contribution < 1.29 is 9.90 Å². The van der Waals surface area contributed by atoms with E-state index in [1.54, 1.807) is 5.38 Å². The van der Waals surface area contributed by atoms with Gasteiger partial charge in [-0.05, 0) is 11.6 Å². The zero-order chi connectivity index (χ0) is 11.1. The highest BCUT2D eigenvalue weighted by molar-refractivity contribution is 7.10. The number of carboxylic acid groups (broad SMARTS) is 1. The highest BCUT2D eigenvalue weighted by Gasteiger charge is 2.03. The first-order valence-electron chi connectivity index (χ1n) is 4.05. The number of hydrogen-bond donors (Lipinski definition) is 1. The Balaban J connectivity index is 2.56. The molecule has 0 aromatic carbocycles. The normalized spacial score (nSPS) is 8.53. The highest BCUT2D eigenvalue weighted by atomic mass is 32.1. The molecule has 0 radical (unpaired) electrons. The van der Waals surface area contributed by atoms with Crippen LogP contribution in [-0.2, 0) is 0 Å². The number of carboxylic acids is 1. The van der Waals surface area contributed by atoms with Crippen LogP contribution in [0.25, 0.3) is 10.4 Å². The summed E-state index contributed by atoms with van der Waals surface area (Å²) in [4.78, 5) is 13.8. The molecule has 1 N–H and O–H groups in total. The number of thiophene rings is 1. The van der Waals surface area contributed by atoms with Crippen molar-refractivity contribution in [2.75, 3.05) is 6.54 Å². The topological polar surface area (TPSA) is 86.1 Å². The first-order valence-corrected chi connectivity index (χ1v) is 4.93. The molecule has 0 fully saturated rings. The van der Waals surface area contributed by atoms with E-state index in [9.17, 15) is 4.79 Å². The summed E-state index contributed by atoms with van der Waals surface area (Å²) >= 11 is 1.28. The van der Waals surface area contributed by atoms with Crippen molar-refractivity contribution >= 4 is 17.3 Å². The molecule has 5 nitrogen and oxygen atoms in total. The number of carbonyl (C=O) groups is 1. The second-order valence-corrected chi connectivity index (χ2v) is 3.42. The maximum Gasteiger partial charge on any atom is 0.336 e. The smallest absolute Gasteiger partial charge is 0.336 e. The Morgan fingerprint density at radius 1 is 1.73 bits per heavy atom. The lowest BCUT2D eigenvalue weighted by atomic mass is 10.3. The van der Waals surface area contributed by atoms with Gasteiger partial charge in [0.1, 0.15) is 0 Å². The lowest BCUT2D eigenvalue weighted by Crippen LogP contribution is -1.91. The Bertz CT molecular complexity index is 463. The van der Waals surface area contributed by atoms with Gasteiger partial charge >= 0.3 is 5.97 Å². The van der Waals surface area contributed by atoms with Crippen LogP contribution in [0.3, 0.4) is 0 Å². The average Bonchev–Trinajstić information content (AvgIpc) is 2.66. The van der Waals surface area contributed by atoms with E-state index < -0.39 is 5.97 Å². The fourth-order valence-electron chi connectivity index (χ4n) is 0.814. The molecule has 1 aromatic rings. The summed E-state index contributed by atoms with van der Waals surface area (Å²) in [5.74, 6) is 4.64. The SMILES string of the molecule is [N-]=[N+]=NCCC#Cc1cc(C(=O)O)cs1. The van der Waals surface area contributed by atoms with Crippen LogP contribution in [0.4, 0.5) is 0 Å². The standard InChI is InChI=1S/C9H7N3O2S/c10-12-11-4-2-1-3-8-5-7(6-15-8)9(13)14/h5-6H,2,4H2,(H,13,14). The summed E-state index contributed by atoms with van der Waals surface area (Å²) in [6.45, 7) is 0.334. The second-order valence-electron chi connectivity index (χ2n) is 2.51. The molecule has 0 amide bonds.